The van der Waals surface area contributed by atoms with Crippen LogP contribution in [-0.4, -0.2) is 45.3 Å². The number of halogens is 1. The van der Waals surface area contributed by atoms with Crippen molar-refractivity contribution in [3.8, 4) is 0 Å². The Morgan fingerprint density at radius 1 is 1.17 bits per heavy atom. The lowest BCUT2D eigenvalue weighted by Crippen LogP contribution is -2.38. The maximum Gasteiger partial charge on any atom is 0.355 e. The lowest BCUT2D eigenvalue weighted by molar-refractivity contribution is -0.140. The molecule has 0 saturated heterocycles. The van der Waals surface area contributed by atoms with E-state index in [1.807, 2.05) is 0 Å². The van der Waals surface area contributed by atoms with Crippen LogP contribution in [-0.2, 0) is 23.8 Å². The molecule has 0 radical (unpaired) electrons. The van der Waals surface area contributed by atoms with Crippen molar-refractivity contribution in [1.29, 1.82) is 0 Å². The maximum absolute atomic E-state index is 12.2. The number of carbonyl (C=O) groups is 3. The van der Waals surface area contributed by atoms with Crippen LogP contribution in [0, 0.1) is 0 Å². The molecular weight excluding hydrogens is 382 g/mol. The second kappa shape index (κ2) is 7.59. The van der Waals surface area contributed by atoms with Gasteiger partial charge in [0.25, 0.3) is 0 Å². The minimum atomic E-state index is -0.675. The maximum atomic E-state index is 12.2. The van der Waals surface area contributed by atoms with E-state index < -0.39 is 11.9 Å². The van der Waals surface area contributed by atoms with Crippen LogP contribution in [0.1, 0.15) is 17.3 Å². The molecule has 0 aliphatic carbocycles. The van der Waals surface area contributed by atoms with Crippen LogP contribution >= 0.6 is 15.9 Å². The fourth-order valence-corrected chi connectivity index (χ4v) is 2.95. The van der Waals surface area contributed by atoms with Crippen molar-refractivity contribution >= 4 is 39.3 Å². The van der Waals surface area contributed by atoms with Gasteiger partial charge in [0.15, 0.2) is 5.78 Å². The number of rotatable bonds is 4. The van der Waals surface area contributed by atoms with Gasteiger partial charge in [-0.05, 0) is 41.1 Å². The average molecular weight is 398 g/mol. The van der Waals surface area contributed by atoms with Gasteiger partial charge in [-0.3, -0.25) is 4.79 Å². The molecule has 0 spiro atoms. The van der Waals surface area contributed by atoms with E-state index in [-0.39, 0.29) is 30.4 Å². The van der Waals surface area contributed by atoms with Crippen molar-refractivity contribution < 1.29 is 28.6 Å². The Morgan fingerprint density at radius 2 is 1.83 bits per heavy atom. The van der Waals surface area contributed by atoms with E-state index in [1.54, 1.807) is 18.2 Å². The molecule has 1 aliphatic heterocycles. The Balaban J connectivity index is 2.54. The molecule has 0 aromatic heterocycles. The number of benzene rings is 1. The lowest BCUT2D eigenvalue weighted by Gasteiger charge is -2.31. The summed E-state index contributed by atoms with van der Waals surface area (Å²) in [7, 11) is 2.45. The molecule has 0 saturated carbocycles. The number of hydrogen-bond acceptors (Lipinski definition) is 7. The molecule has 0 N–H and O–H groups in total. The highest BCUT2D eigenvalue weighted by Gasteiger charge is 2.32. The zero-order valence-electron chi connectivity index (χ0n) is 13.4. The third-order valence-corrected chi connectivity index (χ3v) is 4.13. The average Bonchev–Trinajstić information content (AvgIpc) is 2.59. The second-order valence-electron chi connectivity index (χ2n) is 4.94. The van der Waals surface area contributed by atoms with Crippen LogP contribution in [0.25, 0.3) is 0 Å². The zero-order chi connectivity index (χ0) is 17.9. The van der Waals surface area contributed by atoms with Gasteiger partial charge < -0.3 is 19.1 Å². The van der Waals surface area contributed by atoms with E-state index in [9.17, 15) is 14.4 Å². The second-order valence-corrected chi connectivity index (χ2v) is 5.79. The monoisotopic (exact) mass is 397 g/mol. The Labute approximate surface area is 147 Å². The predicted octanol–water partition coefficient (Wildman–Crippen LogP) is 2.05. The zero-order valence-corrected chi connectivity index (χ0v) is 15.0. The van der Waals surface area contributed by atoms with Gasteiger partial charge >= 0.3 is 11.9 Å². The molecule has 1 aliphatic rings. The van der Waals surface area contributed by atoms with Gasteiger partial charge in [-0.2, -0.15) is 0 Å². The summed E-state index contributed by atoms with van der Waals surface area (Å²) in [5.41, 5.74) is 1.20. The molecule has 1 aromatic carbocycles. The van der Waals surface area contributed by atoms with Gasteiger partial charge in [0, 0.05) is 15.7 Å². The number of ether oxygens (including phenoxy) is 3. The van der Waals surface area contributed by atoms with Gasteiger partial charge in [0.05, 0.1) is 26.4 Å². The normalized spacial score (nSPS) is 14.4. The van der Waals surface area contributed by atoms with E-state index in [2.05, 4.69) is 15.9 Å². The fraction of sp³-hybridized carbons (Fsp3) is 0.312. The Morgan fingerprint density at radius 3 is 2.38 bits per heavy atom. The number of nitrogens with zero attached hydrogens (tertiary/aromatic N) is 1. The highest BCUT2D eigenvalue weighted by Crippen LogP contribution is 2.30. The first-order valence-corrected chi connectivity index (χ1v) is 7.75. The Hall–Kier alpha value is -2.19. The van der Waals surface area contributed by atoms with E-state index in [0.717, 1.165) is 0 Å². The number of esters is 2. The molecule has 8 heteroatoms. The van der Waals surface area contributed by atoms with Crippen LogP contribution in [0.3, 0.4) is 0 Å². The van der Waals surface area contributed by atoms with Crippen molar-refractivity contribution in [3.05, 3.63) is 39.5 Å². The van der Waals surface area contributed by atoms with Gasteiger partial charge in [-0.25, -0.2) is 9.59 Å². The fourth-order valence-electron chi connectivity index (χ4n) is 2.30. The van der Waals surface area contributed by atoms with Crippen LogP contribution < -0.4 is 4.90 Å². The summed E-state index contributed by atoms with van der Waals surface area (Å²) in [5.74, 6) is -1.44. The number of Topliss-reactive ketones (excluding diaryl/α,β-unsaturated/α-hetero) is 1. The quantitative estimate of drug-likeness (QED) is 0.567. The van der Waals surface area contributed by atoms with Crippen LogP contribution in [0.5, 0.6) is 0 Å². The molecule has 0 unspecified atom stereocenters. The summed E-state index contributed by atoms with van der Waals surface area (Å²) in [6, 6.07) is 4.96. The van der Waals surface area contributed by atoms with Crippen molar-refractivity contribution in [2.45, 2.75) is 6.92 Å². The molecule has 2 rings (SSSR count). The van der Waals surface area contributed by atoms with E-state index >= 15 is 0 Å². The van der Waals surface area contributed by atoms with E-state index in [1.165, 1.54) is 26.0 Å². The first-order chi connectivity index (χ1) is 11.4. The third kappa shape index (κ3) is 3.49. The first-order valence-electron chi connectivity index (χ1n) is 6.96. The molecule has 24 heavy (non-hydrogen) atoms. The Kier molecular flexibility index (Phi) is 5.74. The van der Waals surface area contributed by atoms with Crippen LogP contribution in [0.4, 0.5) is 5.69 Å². The summed E-state index contributed by atoms with van der Waals surface area (Å²) in [6.45, 7) is 1.45. The molecule has 0 atom stereocenters. The summed E-state index contributed by atoms with van der Waals surface area (Å²) >= 11 is 3.33. The number of anilines is 1. The number of methoxy groups -OCH3 is 2. The first kappa shape index (κ1) is 18.2. The molecule has 128 valence electrons. The van der Waals surface area contributed by atoms with Crippen molar-refractivity contribution in [2.75, 3.05) is 32.5 Å². The molecule has 1 heterocycles. The molecule has 1 aromatic rings. The molecule has 7 nitrogen and oxygen atoms in total. The van der Waals surface area contributed by atoms with Gasteiger partial charge in [-0.15, -0.1) is 0 Å². The van der Waals surface area contributed by atoms with Gasteiger partial charge in [-0.1, -0.05) is 0 Å². The third-order valence-electron chi connectivity index (χ3n) is 3.48. The molecular formula is C16H16BrNO6. The number of carbonyl (C=O) groups excluding carboxylic acids is 3. The van der Waals surface area contributed by atoms with Crippen LogP contribution in [0.15, 0.2) is 33.9 Å². The molecule has 0 amide bonds. The minimum absolute atomic E-state index is 0.0524. The summed E-state index contributed by atoms with van der Waals surface area (Å²) < 4.78 is 15.5. The number of ketones is 1. The van der Waals surface area contributed by atoms with Gasteiger partial charge in [0.1, 0.15) is 12.4 Å². The topological polar surface area (TPSA) is 82.1 Å². The van der Waals surface area contributed by atoms with Gasteiger partial charge in [0.2, 0.25) is 0 Å². The van der Waals surface area contributed by atoms with Crippen molar-refractivity contribution in [2.24, 2.45) is 0 Å². The summed E-state index contributed by atoms with van der Waals surface area (Å²) in [4.78, 5) is 37.2. The van der Waals surface area contributed by atoms with E-state index in [0.29, 0.717) is 15.7 Å². The van der Waals surface area contributed by atoms with Crippen molar-refractivity contribution in [1.82, 2.24) is 0 Å². The highest BCUT2D eigenvalue weighted by molar-refractivity contribution is 9.10. The number of hydrogen-bond donors (Lipinski definition) is 0. The minimum Gasteiger partial charge on any atom is -0.466 e. The standard InChI is InChI=1S/C16H16BrNO6/c1-9(19)11-5-4-10(6-13(11)17)18-8-24-7-12(15(20)22-2)14(18)16(21)23-3/h4-6H,7-8H2,1-3H3. The summed E-state index contributed by atoms with van der Waals surface area (Å²) in [6.07, 6.45) is 0. The summed E-state index contributed by atoms with van der Waals surface area (Å²) in [5, 5.41) is 0. The Bertz CT molecular complexity index is 727. The lowest BCUT2D eigenvalue weighted by atomic mass is 10.1. The van der Waals surface area contributed by atoms with Crippen LogP contribution in [0.2, 0.25) is 0 Å². The molecule has 0 fully saturated rings. The van der Waals surface area contributed by atoms with Crippen molar-refractivity contribution in [3.63, 3.8) is 0 Å². The SMILES string of the molecule is COC(=O)C1=C(C(=O)OC)N(c2ccc(C(C)=O)c(Br)c2)COC1. The smallest absolute Gasteiger partial charge is 0.355 e. The molecule has 0 bridgehead atoms. The van der Waals surface area contributed by atoms with E-state index in [4.69, 9.17) is 14.2 Å². The highest BCUT2D eigenvalue weighted by atomic mass is 79.9. The predicted molar refractivity (Wildman–Crippen MR) is 88.5 cm³/mol. The largest absolute Gasteiger partial charge is 0.466 e.